The second-order valence-electron chi connectivity index (χ2n) is 21.1. The number of aromatic nitrogens is 4. The molecule has 13 aromatic rings. The van der Waals surface area contributed by atoms with Crippen molar-refractivity contribution in [2.45, 2.75) is 26.2 Å². The van der Waals surface area contributed by atoms with Gasteiger partial charge in [0.15, 0.2) is 0 Å². The van der Waals surface area contributed by atoms with Crippen molar-refractivity contribution >= 4 is 73.0 Å². The Morgan fingerprint density at radius 1 is 0.582 bits per heavy atom. The van der Waals surface area contributed by atoms with Gasteiger partial charge in [-0.1, -0.05) is 190 Å². The van der Waals surface area contributed by atoms with E-state index in [4.69, 9.17) is 14.5 Å². The first-order valence-corrected chi connectivity index (χ1v) is 26.5. The minimum absolute atomic E-state index is 0. The second kappa shape index (κ2) is 19.0. The second-order valence-corrected chi connectivity index (χ2v) is 21.1. The Labute approximate surface area is 473 Å². The molecule has 380 valence electrons. The number of anilines is 3. The van der Waals surface area contributed by atoms with Crippen LogP contribution in [-0.2, 0) is 26.5 Å². The molecule has 9 heteroatoms. The van der Waals surface area contributed by atoms with Gasteiger partial charge in [-0.25, -0.2) is 4.98 Å². The van der Waals surface area contributed by atoms with Crippen LogP contribution in [0.5, 0.6) is 23.0 Å². The van der Waals surface area contributed by atoms with Crippen LogP contribution in [0.15, 0.2) is 237 Å². The molecule has 0 spiro atoms. The van der Waals surface area contributed by atoms with Crippen LogP contribution in [0.25, 0.3) is 72.3 Å². The molecule has 15 rings (SSSR count). The van der Waals surface area contributed by atoms with Crippen LogP contribution >= 0.6 is 0 Å². The van der Waals surface area contributed by atoms with Crippen molar-refractivity contribution < 1.29 is 35.1 Å². The summed E-state index contributed by atoms with van der Waals surface area (Å²) in [7, 11) is 0. The number of nitrogens with zero attached hydrogens (tertiary/aromatic N) is 5. The van der Waals surface area contributed by atoms with Gasteiger partial charge in [0.2, 0.25) is 6.71 Å². The van der Waals surface area contributed by atoms with Crippen molar-refractivity contribution in [3.05, 3.63) is 261 Å². The number of rotatable bonds is 8. The smallest absolute Gasteiger partial charge is 0.268 e. The topological polar surface area (TPSA) is 48.3 Å². The maximum absolute atomic E-state index is 7.29. The van der Waals surface area contributed by atoms with E-state index >= 15 is 0 Å². The van der Waals surface area contributed by atoms with Crippen LogP contribution in [0.2, 0.25) is 0 Å². The van der Waals surface area contributed by atoms with E-state index in [1.807, 2.05) is 12.3 Å². The molecule has 0 N–H and O–H groups in total. The summed E-state index contributed by atoms with van der Waals surface area (Å²) in [6, 6.07) is 88.7. The minimum atomic E-state index is -0.237. The van der Waals surface area contributed by atoms with Crippen LogP contribution < -0.4 is 35.3 Å². The summed E-state index contributed by atoms with van der Waals surface area (Å²) in [6.07, 6.45) is 5.83. The number of pyridine rings is 1. The van der Waals surface area contributed by atoms with Crippen molar-refractivity contribution in [3.8, 4) is 62.4 Å². The van der Waals surface area contributed by atoms with Gasteiger partial charge in [0, 0.05) is 61.3 Å². The number of fused-ring (bicyclic) bond motifs is 8. The summed E-state index contributed by atoms with van der Waals surface area (Å²) >= 11 is 0. The van der Waals surface area contributed by atoms with E-state index in [1.54, 1.807) is 0 Å². The first-order chi connectivity index (χ1) is 38.3. The van der Waals surface area contributed by atoms with Crippen LogP contribution in [0.1, 0.15) is 26.3 Å². The van der Waals surface area contributed by atoms with E-state index in [0.29, 0.717) is 17.2 Å². The number of benzene rings is 10. The van der Waals surface area contributed by atoms with E-state index < -0.39 is 0 Å². The SMILES string of the molecule is CC(C)(C)c1ccnc(-n2c3[c-]c(Oc4[c-]c(-n5[c-][n+](-c6c(-c7ccccc7)cccc6-c6ccccc6)c6ccccc65)cc5c4Oc4cccc6c4B5c4ccccc4N6c4ccccc4)ccc3c3ccccc32)c1.[Pt]. The Morgan fingerprint density at radius 2 is 1.24 bits per heavy atom. The van der Waals surface area contributed by atoms with Gasteiger partial charge < -0.3 is 23.5 Å². The molecule has 0 saturated heterocycles. The normalized spacial score (nSPS) is 12.4. The molecule has 0 bridgehead atoms. The summed E-state index contributed by atoms with van der Waals surface area (Å²) in [5.74, 6) is 3.11. The molecule has 0 radical (unpaired) electrons. The van der Waals surface area contributed by atoms with Gasteiger partial charge in [-0.3, -0.25) is 4.57 Å². The molecule has 0 unspecified atom stereocenters. The fraction of sp³-hybridized carbons (Fsp3) is 0.0571. The Morgan fingerprint density at radius 3 is 2.00 bits per heavy atom. The summed E-state index contributed by atoms with van der Waals surface area (Å²) in [5, 5.41) is 2.15. The first kappa shape index (κ1) is 48.2. The maximum atomic E-state index is 7.29. The average Bonchev–Trinajstić information content (AvgIpc) is 4.14. The molecule has 7 nitrogen and oxygen atoms in total. The monoisotopic (exact) mass is 1200 g/mol. The maximum Gasteiger partial charge on any atom is 0.268 e. The molecule has 0 fully saturated rings. The molecule has 0 aliphatic carbocycles. The van der Waals surface area contributed by atoms with Crippen LogP contribution in [0, 0.1) is 18.5 Å². The third kappa shape index (κ3) is 7.92. The van der Waals surface area contributed by atoms with Crippen molar-refractivity contribution in [1.82, 2.24) is 14.1 Å². The van der Waals surface area contributed by atoms with Gasteiger partial charge in [-0.15, -0.1) is 29.0 Å². The molecule has 5 heterocycles. The molecule has 2 aliphatic rings. The Bertz CT molecular complexity index is 4450. The predicted molar refractivity (Wildman–Crippen MR) is 315 cm³/mol. The fourth-order valence-corrected chi connectivity index (χ4v) is 11.9. The molecule has 79 heavy (non-hydrogen) atoms. The van der Waals surface area contributed by atoms with Gasteiger partial charge in [0.1, 0.15) is 11.6 Å². The van der Waals surface area contributed by atoms with Crippen LogP contribution in [-0.4, -0.2) is 20.8 Å². The largest absolute Gasteiger partial charge is 0.514 e. The predicted octanol–water partition coefficient (Wildman–Crippen LogP) is 14.6. The Kier molecular flexibility index (Phi) is 11.6. The number of para-hydroxylation sites is 6. The van der Waals surface area contributed by atoms with Gasteiger partial charge >= 0.3 is 0 Å². The Hall–Kier alpha value is -9.23. The van der Waals surface area contributed by atoms with Crippen LogP contribution in [0.4, 0.5) is 17.1 Å². The zero-order valence-corrected chi connectivity index (χ0v) is 45.7. The number of hydrogen-bond donors (Lipinski definition) is 0. The van der Waals surface area contributed by atoms with Crippen molar-refractivity contribution in [2.24, 2.45) is 0 Å². The standard InChI is InChI=1S/C70H48BN5O2.Pt/c1-70(2,3)48-39-40-72-66(41-48)76-58-31-15-13-27-54(58)55-38-37-51(44-63(55)76)77-65-43-50(42-57-69(65)78-64-36-20-35-62-67(64)71(57)56-30-14-16-32-59(56)75(62)49-25-11-6-12-26-49)73-45-74(61-34-18-17-33-60(61)73)68-52(46-21-7-4-8-22-46)28-19-29-53(68)47-23-9-5-10-24-47;/h4-42H,1-3H3;/q-2;. The average molecular weight is 1200 g/mol. The first-order valence-electron chi connectivity index (χ1n) is 26.5. The summed E-state index contributed by atoms with van der Waals surface area (Å²) in [5.41, 5.74) is 17.5. The third-order valence-electron chi connectivity index (χ3n) is 15.4. The number of ether oxygens (including phenoxy) is 2. The van der Waals surface area contributed by atoms with Crippen LogP contribution in [0.3, 0.4) is 0 Å². The molecule has 0 saturated carbocycles. The quantitative estimate of drug-likeness (QED) is 0.0864. The third-order valence-corrected chi connectivity index (χ3v) is 15.4. The molecule has 0 atom stereocenters. The van der Waals surface area contributed by atoms with Gasteiger partial charge in [-0.05, 0) is 104 Å². The van der Waals surface area contributed by atoms with E-state index in [0.717, 1.165) is 111 Å². The molecule has 0 amide bonds. The minimum Gasteiger partial charge on any atom is -0.514 e. The summed E-state index contributed by atoms with van der Waals surface area (Å²) < 4.78 is 21.1. The fourth-order valence-electron chi connectivity index (χ4n) is 11.9. The molecular formula is C70H48BN5O2Pt-2. The summed E-state index contributed by atoms with van der Waals surface area (Å²) in [6.45, 7) is 6.45. The van der Waals surface area contributed by atoms with Gasteiger partial charge in [0.25, 0.3) is 6.33 Å². The molecular weight excluding hydrogens is 1150 g/mol. The van der Waals surface area contributed by atoms with Crippen molar-refractivity contribution in [3.63, 3.8) is 0 Å². The van der Waals surface area contributed by atoms with E-state index in [2.05, 4.69) is 282 Å². The number of imidazole rings is 1. The zero-order chi connectivity index (χ0) is 52.1. The molecule has 2 aliphatic heterocycles. The summed E-state index contributed by atoms with van der Waals surface area (Å²) in [4.78, 5) is 7.32. The molecule has 10 aromatic carbocycles. The van der Waals surface area contributed by atoms with E-state index in [1.165, 1.54) is 5.56 Å². The zero-order valence-electron chi connectivity index (χ0n) is 43.5. The van der Waals surface area contributed by atoms with Gasteiger partial charge in [0.05, 0.1) is 22.5 Å². The number of hydrogen-bond acceptors (Lipinski definition) is 4. The van der Waals surface area contributed by atoms with Crippen molar-refractivity contribution in [1.29, 1.82) is 0 Å². The van der Waals surface area contributed by atoms with E-state index in [-0.39, 0.29) is 33.2 Å². The molecule has 3 aromatic heterocycles. The Balaban J connectivity index is 0.00000564. The van der Waals surface area contributed by atoms with Crippen molar-refractivity contribution in [2.75, 3.05) is 4.90 Å². The van der Waals surface area contributed by atoms with Gasteiger partial charge in [-0.2, -0.15) is 12.1 Å². The van der Waals surface area contributed by atoms with E-state index in [9.17, 15) is 0 Å².